The van der Waals surface area contributed by atoms with Crippen LogP contribution in [0.15, 0.2) is 5.16 Å². The molecule has 0 aliphatic carbocycles. The lowest BCUT2D eigenvalue weighted by molar-refractivity contribution is -0.122. The molecule has 0 saturated heterocycles. The average molecular weight is 215 g/mol. The summed E-state index contributed by atoms with van der Waals surface area (Å²) in [5.41, 5.74) is 4.64. The van der Waals surface area contributed by atoms with Crippen LogP contribution in [0.5, 0.6) is 0 Å². The van der Waals surface area contributed by atoms with Crippen LogP contribution < -0.4 is 11.1 Å². The molecular formula is C10H21N3O2. The molecule has 1 amide bonds. The van der Waals surface area contributed by atoms with Gasteiger partial charge in [-0.05, 0) is 19.8 Å². The normalized spacial score (nSPS) is 14.8. The molecule has 0 heterocycles. The highest BCUT2D eigenvalue weighted by atomic mass is 16.4. The molecule has 15 heavy (non-hydrogen) atoms. The van der Waals surface area contributed by atoms with E-state index < -0.39 is 5.54 Å². The molecule has 0 saturated carbocycles. The minimum Gasteiger partial charge on any atom is -0.409 e. The second-order valence-corrected chi connectivity index (χ2v) is 4.38. The highest BCUT2D eigenvalue weighted by molar-refractivity contribution is 5.93. The van der Waals surface area contributed by atoms with Gasteiger partial charge in [-0.25, -0.2) is 0 Å². The van der Waals surface area contributed by atoms with Gasteiger partial charge in [0.15, 0.2) is 5.84 Å². The van der Waals surface area contributed by atoms with Crippen LogP contribution in [0.25, 0.3) is 0 Å². The van der Waals surface area contributed by atoms with Crippen LogP contribution in [-0.2, 0) is 4.79 Å². The van der Waals surface area contributed by atoms with Gasteiger partial charge in [-0.15, -0.1) is 0 Å². The predicted octanol–water partition coefficient (Wildman–Crippen LogP) is 1.06. The fourth-order valence-electron chi connectivity index (χ4n) is 1.05. The summed E-state index contributed by atoms with van der Waals surface area (Å²) in [6.07, 6.45) is 1.41. The first-order valence-electron chi connectivity index (χ1n) is 5.12. The van der Waals surface area contributed by atoms with Gasteiger partial charge in [-0.1, -0.05) is 25.4 Å². The number of oxime groups is 1. The molecule has 0 spiro atoms. The maximum Gasteiger partial charge on any atom is 0.221 e. The average Bonchev–Trinajstić information content (AvgIpc) is 2.15. The zero-order valence-corrected chi connectivity index (χ0v) is 9.87. The van der Waals surface area contributed by atoms with E-state index in [0.717, 1.165) is 6.42 Å². The molecule has 0 aliphatic rings. The van der Waals surface area contributed by atoms with Gasteiger partial charge in [-0.3, -0.25) is 4.79 Å². The molecule has 0 rings (SSSR count). The summed E-state index contributed by atoms with van der Waals surface area (Å²) in [5, 5.41) is 14.1. The van der Waals surface area contributed by atoms with Gasteiger partial charge in [0.25, 0.3) is 0 Å². The predicted molar refractivity (Wildman–Crippen MR) is 59.7 cm³/mol. The Bertz CT molecular complexity index is 249. The van der Waals surface area contributed by atoms with Crippen LogP contribution in [0.2, 0.25) is 0 Å². The molecule has 0 aromatic carbocycles. The van der Waals surface area contributed by atoms with Crippen molar-refractivity contribution < 1.29 is 10.0 Å². The van der Waals surface area contributed by atoms with E-state index >= 15 is 0 Å². The fraction of sp³-hybridized carbons (Fsp3) is 0.800. The van der Waals surface area contributed by atoms with Crippen LogP contribution >= 0.6 is 0 Å². The van der Waals surface area contributed by atoms with Crippen molar-refractivity contribution in [3.8, 4) is 0 Å². The van der Waals surface area contributed by atoms with Gasteiger partial charge in [0.1, 0.15) is 0 Å². The maximum atomic E-state index is 11.5. The van der Waals surface area contributed by atoms with Crippen molar-refractivity contribution >= 4 is 11.7 Å². The molecule has 0 radical (unpaired) electrons. The summed E-state index contributed by atoms with van der Waals surface area (Å²) in [4.78, 5) is 11.5. The van der Waals surface area contributed by atoms with Crippen molar-refractivity contribution in [3.63, 3.8) is 0 Å². The van der Waals surface area contributed by atoms with E-state index in [1.807, 2.05) is 13.8 Å². The van der Waals surface area contributed by atoms with Gasteiger partial charge < -0.3 is 16.3 Å². The second kappa shape index (κ2) is 5.58. The van der Waals surface area contributed by atoms with E-state index in [9.17, 15) is 4.79 Å². The Morgan fingerprint density at radius 2 is 2.13 bits per heavy atom. The highest BCUT2D eigenvalue weighted by Crippen LogP contribution is 2.08. The fourth-order valence-corrected chi connectivity index (χ4v) is 1.05. The number of nitrogens with one attached hydrogen (secondary N) is 1. The second-order valence-electron chi connectivity index (χ2n) is 4.38. The first kappa shape index (κ1) is 13.7. The number of rotatable bonds is 5. The van der Waals surface area contributed by atoms with Gasteiger partial charge in [0.05, 0.1) is 5.54 Å². The minimum atomic E-state index is -0.806. The van der Waals surface area contributed by atoms with E-state index in [1.165, 1.54) is 0 Å². The Balaban J connectivity index is 4.28. The monoisotopic (exact) mass is 215 g/mol. The maximum absolute atomic E-state index is 11.5. The van der Waals surface area contributed by atoms with Crippen molar-refractivity contribution in [2.75, 3.05) is 0 Å². The summed E-state index contributed by atoms with van der Waals surface area (Å²) in [6.45, 7) is 7.43. The Labute approximate surface area is 90.7 Å². The summed E-state index contributed by atoms with van der Waals surface area (Å²) in [7, 11) is 0. The Morgan fingerprint density at radius 1 is 1.60 bits per heavy atom. The molecule has 1 unspecified atom stereocenters. The number of carbonyl (C=O) groups is 1. The molecule has 0 bridgehead atoms. The van der Waals surface area contributed by atoms with Crippen LogP contribution in [0, 0.1) is 5.92 Å². The quantitative estimate of drug-likeness (QED) is 0.277. The number of hydrogen-bond acceptors (Lipinski definition) is 3. The summed E-state index contributed by atoms with van der Waals surface area (Å²) in [5.74, 6) is 0.258. The van der Waals surface area contributed by atoms with Gasteiger partial charge in [0, 0.05) is 6.42 Å². The molecule has 0 fully saturated rings. The summed E-state index contributed by atoms with van der Waals surface area (Å²) >= 11 is 0. The molecule has 0 aliphatic heterocycles. The van der Waals surface area contributed by atoms with Gasteiger partial charge in [0.2, 0.25) is 5.91 Å². The van der Waals surface area contributed by atoms with Crippen LogP contribution in [0.4, 0.5) is 0 Å². The smallest absolute Gasteiger partial charge is 0.221 e. The van der Waals surface area contributed by atoms with Crippen LogP contribution in [0.1, 0.15) is 40.5 Å². The topological polar surface area (TPSA) is 87.7 Å². The lowest BCUT2D eigenvalue weighted by atomic mass is 10.0. The van der Waals surface area contributed by atoms with Gasteiger partial charge >= 0.3 is 0 Å². The number of carbonyl (C=O) groups excluding carboxylic acids is 1. The third kappa shape index (κ3) is 4.67. The SMILES string of the molecule is CCC(C)CC(=O)NC(C)(C)C(N)=NO. The largest absolute Gasteiger partial charge is 0.409 e. The molecule has 5 nitrogen and oxygen atoms in total. The number of amides is 1. The van der Waals surface area contributed by atoms with E-state index in [1.54, 1.807) is 13.8 Å². The molecule has 0 aromatic heterocycles. The van der Waals surface area contributed by atoms with E-state index in [4.69, 9.17) is 10.9 Å². The Morgan fingerprint density at radius 3 is 2.53 bits per heavy atom. The van der Waals surface area contributed by atoms with Crippen LogP contribution in [0.3, 0.4) is 0 Å². The van der Waals surface area contributed by atoms with Crippen molar-refractivity contribution in [1.29, 1.82) is 0 Å². The van der Waals surface area contributed by atoms with Crippen molar-refractivity contribution in [2.45, 2.75) is 46.1 Å². The zero-order valence-electron chi connectivity index (χ0n) is 9.87. The number of amidine groups is 1. The van der Waals surface area contributed by atoms with E-state index in [2.05, 4.69) is 10.5 Å². The molecular weight excluding hydrogens is 194 g/mol. The minimum absolute atomic E-state index is 0.00000142. The molecule has 5 heteroatoms. The first-order valence-corrected chi connectivity index (χ1v) is 5.12. The van der Waals surface area contributed by atoms with E-state index in [0.29, 0.717) is 12.3 Å². The lowest BCUT2D eigenvalue weighted by Crippen LogP contribution is -2.53. The van der Waals surface area contributed by atoms with Gasteiger partial charge in [-0.2, -0.15) is 0 Å². The summed E-state index contributed by atoms with van der Waals surface area (Å²) in [6, 6.07) is 0. The molecule has 0 aromatic rings. The molecule has 1 atom stereocenters. The standard InChI is InChI=1S/C10H21N3O2/c1-5-7(2)6-8(14)12-10(3,4)9(11)13-15/h7,15H,5-6H2,1-4H3,(H2,11,13)(H,12,14). The van der Waals surface area contributed by atoms with E-state index in [-0.39, 0.29) is 11.7 Å². The molecule has 88 valence electrons. The lowest BCUT2D eigenvalue weighted by Gasteiger charge is -2.25. The van der Waals surface area contributed by atoms with Crippen molar-refractivity contribution in [2.24, 2.45) is 16.8 Å². The highest BCUT2D eigenvalue weighted by Gasteiger charge is 2.25. The Kier molecular flexibility index (Phi) is 5.11. The van der Waals surface area contributed by atoms with Crippen LogP contribution in [-0.4, -0.2) is 22.5 Å². The summed E-state index contributed by atoms with van der Waals surface area (Å²) < 4.78 is 0. The number of hydrogen-bond donors (Lipinski definition) is 3. The molecule has 4 N–H and O–H groups in total. The van der Waals surface area contributed by atoms with Crippen molar-refractivity contribution in [3.05, 3.63) is 0 Å². The number of nitrogens with two attached hydrogens (primary N) is 1. The van der Waals surface area contributed by atoms with Crippen molar-refractivity contribution in [1.82, 2.24) is 5.32 Å². The zero-order chi connectivity index (χ0) is 12.1. The first-order chi connectivity index (χ1) is 6.83. The Hall–Kier alpha value is -1.26. The number of nitrogens with zero attached hydrogens (tertiary/aromatic N) is 1. The third-order valence-electron chi connectivity index (χ3n) is 2.43. The third-order valence-corrected chi connectivity index (χ3v) is 2.43.